The standard InChI is InChI=1S/C26H35NO/c1-5-19(2)21(4)27-26-15-12-22(17-20(26)3)9-6-7-16-28-25-11-8-10-24(18-25)23-13-14-23/h8,10-12,15,17-19,23H,5-7,9,13-14,16H2,1-4H3. The highest BCUT2D eigenvalue weighted by Crippen LogP contribution is 2.40. The zero-order valence-corrected chi connectivity index (χ0v) is 18.0. The van der Waals surface area contributed by atoms with Crippen LogP contribution in [0.3, 0.4) is 0 Å². The molecule has 2 nitrogen and oxygen atoms in total. The van der Waals surface area contributed by atoms with Crippen molar-refractivity contribution in [1.29, 1.82) is 0 Å². The third kappa shape index (κ3) is 5.95. The third-order valence-electron chi connectivity index (χ3n) is 5.92. The first kappa shape index (κ1) is 20.6. The normalized spacial score (nSPS) is 15.5. The van der Waals surface area contributed by atoms with Crippen LogP contribution in [0.5, 0.6) is 5.75 Å². The molecule has 2 heteroatoms. The fraction of sp³-hybridized carbons (Fsp3) is 0.500. The number of hydrogen-bond donors (Lipinski definition) is 0. The summed E-state index contributed by atoms with van der Waals surface area (Å²) in [5, 5.41) is 0. The van der Waals surface area contributed by atoms with Gasteiger partial charge >= 0.3 is 0 Å². The number of benzene rings is 2. The van der Waals surface area contributed by atoms with Gasteiger partial charge < -0.3 is 4.74 Å². The van der Waals surface area contributed by atoms with Crippen LogP contribution >= 0.6 is 0 Å². The van der Waals surface area contributed by atoms with Gasteiger partial charge in [0.15, 0.2) is 0 Å². The molecule has 0 saturated heterocycles. The van der Waals surface area contributed by atoms with Gasteiger partial charge in [-0.05, 0) is 99.1 Å². The molecule has 0 bridgehead atoms. The van der Waals surface area contributed by atoms with Crippen molar-refractivity contribution in [2.45, 2.75) is 72.1 Å². The summed E-state index contributed by atoms with van der Waals surface area (Å²) in [6.07, 6.45) is 7.14. The zero-order valence-electron chi connectivity index (χ0n) is 18.0. The van der Waals surface area contributed by atoms with Gasteiger partial charge in [-0.3, -0.25) is 4.99 Å². The molecule has 1 unspecified atom stereocenters. The average Bonchev–Trinajstić information content (AvgIpc) is 3.54. The smallest absolute Gasteiger partial charge is 0.119 e. The summed E-state index contributed by atoms with van der Waals surface area (Å²) in [6.45, 7) is 9.56. The van der Waals surface area contributed by atoms with Crippen LogP contribution in [0, 0.1) is 12.8 Å². The van der Waals surface area contributed by atoms with Gasteiger partial charge in [0.05, 0.1) is 12.3 Å². The van der Waals surface area contributed by atoms with E-state index in [1.807, 2.05) is 0 Å². The molecular weight excluding hydrogens is 342 g/mol. The van der Waals surface area contributed by atoms with E-state index in [1.165, 1.54) is 35.2 Å². The summed E-state index contributed by atoms with van der Waals surface area (Å²) in [5.41, 5.74) is 6.45. The zero-order chi connectivity index (χ0) is 19.9. The highest BCUT2D eigenvalue weighted by molar-refractivity contribution is 5.86. The Morgan fingerprint density at radius 3 is 2.68 bits per heavy atom. The molecule has 0 spiro atoms. The van der Waals surface area contributed by atoms with Gasteiger partial charge in [0.25, 0.3) is 0 Å². The van der Waals surface area contributed by atoms with Gasteiger partial charge in [-0.15, -0.1) is 0 Å². The summed E-state index contributed by atoms with van der Waals surface area (Å²) >= 11 is 0. The van der Waals surface area contributed by atoms with E-state index in [0.29, 0.717) is 5.92 Å². The molecule has 2 aromatic carbocycles. The fourth-order valence-electron chi connectivity index (χ4n) is 3.49. The third-order valence-corrected chi connectivity index (χ3v) is 5.92. The van der Waals surface area contributed by atoms with E-state index in [9.17, 15) is 0 Å². The maximum atomic E-state index is 5.96. The minimum Gasteiger partial charge on any atom is -0.494 e. The molecular formula is C26H35NO. The molecule has 1 aliphatic carbocycles. The van der Waals surface area contributed by atoms with E-state index in [1.54, 1.807) is 0 Å². The average molecular weight is 378 g/mol. The second kappa shape index (κ2) is 9.91. The SMILES string of the molecule is CCC(C)C(C)=Nc1ccc(CCCCOc2cccc(C3CC3)c2)cc1C. The Balaban J connectivity index is 1.43. The van der Waals surface area contributed by atoms with Crippen molar-refractivity contribution in [3.05, 3.63) is 59.2 Å². The molecule has 28 heavy (non-hydrogen) atoms. The van der Waals surface area contributed by atoms with Crippen molar-refractivity contribution in [1.82, 2.24) is 0 Å². The Kier molecular flexibility index (Phi) is 7.30. The Hall–Kier alpha value is -2.09. The second-order valence-corrected chi connectivity index (χ2v) is 8.34. The number of unbranched alkanes of at least 4 members (excludes halogenated alkanes) is 1. The molecule has 0 amide bonds. The van der Waals surface area contributed by atoms with E-state index in [2.05, 4.69) is 70.2 Å². The molecule has 0 radical (unpaired) electrons. The first-order chi connectivity index (χ1) is 13.6. The lowest BCUT2D eigenvalue weighted by atomic mass is 10.0. The van der Waals surface area contributed by atoms with Gasteiger partial charge in [-0.2, -0.15) is 0 Å². The summed E-state index contributed by atoms with van der Waals surface area (Å²) in [4.78, 5) is 4.83. The van der Waals surface area contributed by atoms with E-state index in [-0.39, 0.29) is 0 Å². The lowest BCUT2D eigenvalue weighted by molar-refractivity contribution is 0.306. The first-order valence-corrected chi connectivity index (χ1v) is 10.9. The molecule has 1 atom stereocenters. The highest BCUT2D eigenvalue weighted by Gasteiger charge is 2.23. The van der Waals surface area contributed by atoms with Crippen molar-refractivity contribution in [3.63, 3.8) is 0 Å². The van der Waals surface area contributed by atoms with Crippen molar-refractivity contribution in [2.75, 3.05) is 6.61 Å². The van der Waals surface area contributed by atoms with Gasteiger partial charge in [0.2, 0.25) is 0 Å². The summed E-state index contributed by atoms with van der Waals surface area (Å²) in [5.74, 6) is 2.36. The quantitative estimate of drug-likeness (QED) is 0.312. The van der Waals surface area contributed by atoms with Crippen LogP contribution in [0.4, 0.5) is 5.69 Å². The molecule has 1 fully saturated rings. The largest absolute Gasteiger partial charge is 0.494 e. The lowest BCUT2D eigenvalue weighted by Gasteiger charge is -2.11. The number of rotatable bonds is 10. The van der Waals surface area contributed by atoms with Gasteiger partial charge in [-0.25, -0.2) is 0 Å². The van der Waals surface area contributed by atoms with Crippen molar-refractivity contribution >= 4 is 11.4 Å². The van der Waals surface area contributed by atoms with Crippen LogP contribution in [0.15, 0.2) is 47.5 Å². The predicted octanol–water partition coefficient (Wildman–Crippen LogP) is 7.41. The summed E-state index contributed by atoms with van der Waals surface area (Å²) in [7, 11) is 0. The minimum absolute atomic E-state index is 0.545. The maximum absolute atomic E-state index is 5.96. The van der Waals surface area contributed by atoms with Crippen molar-refractivity contribution in [3.8, 4) is 5.75 Å². The van der Waals surface area contributed by atoms with Crippen LogP contribution in [0.1, 0.15) is 75.5 Å². The maximum Gasteiger partial charge on any atom is 0.119 e. The van der Waals surface area contributed by atoms with E-state index >= 15 is 0 Å². The van der Waals surface area contributed by atoms with Crippen LogP contribution in [-0.4, -0.2) is 12.3 Å². The molecule has 1 aliphatic rings. The highest BCUT2D eigenvalue weighted by atomic mass is 16.5. The van der Waals surface area contributed by atoms with Crippen LogP contribution < -0.4 is 4.74 Å². The van der Waals surface area contributed by atoms with Gasteiger partial charge in [0.1, 0.15) is 5.75 Å². The number of aryl methyl sites for hydroxylation is 2. The molecule has 3 rings (SSSR count). The van der Waals surface area contributed by atoms with Crippen molar-refractivity contribution < 1.29 is 4.74 Å². The number of aliphatic imine (C=N–C) groups is 1. The first-order valence-electron chi connectivity index (χ1n) is 10.9. The Morgan fingerprint density at radius 2 is 1.96 bits per heavy atom. The molecule has 1 saturated carbocycles. The fourth-order valence-corrected chi connectivity index (χ4v) is 3.49. The van der Waals surface area contributed by atoms with E-state index in [4.69, 9.17) is 9.73 Å². The molecule has 2 aromatic rings. The number of ether oxygens (including phenoxy) is 1. The Bertz CT molecular complexity index is 804. The van der Waals surface area contributed by atoms with Gasteiger partial charge in [-0.1, -0.05) is 38.1 Å². The molecule has 150 valence electrons. The summed E-state index contributed by atoms with van der Waals surface area (Å²) in [6, 6.07) is 15.4. The summed E-state index contributed by atoms with van der Waals surface area (Å²) < 4.78 is 5.96. The van der Waals surface area contributed by atoms with Crippen LogP contribution in [-0.2, 0) is 6.42 Å². The monoisotopic (exact) mass is 377 g/mol. The van der Waals surface area contributed by atoms with E-state index in [0.717, 1.165) is 49.6 Å². The van der Waals surface area contributed by atoms with Crippen LogP contribution in [0.25, 0.3) is 0 Å². The number of hydrogen-bond acceptors (Lipinski definition) is 2. The lowest BCUT2D eigenvalue weighted by Crippen LogP contribution is -2.04. The predicted molar refractivity (Wildman–Crippen MR) is 120 cm³/mol. The van der Waals surface area contributed by atoms with Gasteiger partial charge in [0, 0.05) is 5.71 Å². The number of nitrogens with zero attached hydrogens (tertiary/aromatic N) is 1. The molecule has 0 N–H and O–H groups in total. The second-order valence-electron chi connectivity index (χ2n) is 8.34. The Labute approximate surface area is 171 Å². The van der Waals surface area contributed by atoms with Crippen molar-refractivity contribution in [2.24, 2.45) is 10.9 Å². The Morgan fingerprint density at radius 1 is 1.14 bits per heavy atom. The molecule has 0 aromatic heterocycles. The topological polar surface area (TPSA) is 21.6 Å². The van der Waals surface area contributed by atoms with E-state index < -0.39 is 0 Å². The molecule has 0 heterocycles. The molecule has 0 aliphatic heterocycles. The van der Waals surface area contributed by atoms with Crippen LogP contribution in [0.2, 0.25) is 0 Å². The minimum atomic E-state index is 0.545.